The second-order valence-corrected chi connectivity index (χ2v) is 4.20. The molecule has 0 amide bonds. The molecule has 0 fully saturated rings. The number of nitrogens with one attached hydrogen (secondary N) is 1. The number of rotatable bonds is 6. The van der Waals surface area contributed by atoms with Gasteiger partial charge in [0.15, 0.2) is 0 Å². The number of hydrogen-bond donors (Lipinski definition) is 1. The summed E-state index contributed by atoms with van der Waals surface area (Å²) >= 11 is 0. The molecule has 0 aliphatic rings. The van der Waals surface area contributed by atoms with E-state index < -0.39 is 0 Å². The Labute approximate surface area is 102 Å². The number of benzene rings is 1. The Balaban J connectivity index is 2.99. The van der Waals surface area contributed by atoms with Crippen molar-refractivity contribution in [1.82, 2.24) is 5.32 Å². The van der Waals surface area contributed by atoms with Crippen molar-refractivity contribution in [2.24, 2.45) is 0 Å². The maximum Gasteiger partial charge on any atom is 0.272 e. The van der Waals surface area contributed by atoms with Gasteiger partial charge in [-0.1, -0.05) is 26.0 Å². The Hall–Kier alpha value is -1.42. The highest BCUT2D eigenvalue weighted by atomic mass is 16.6. The van der Waals surface area contributed by atoms with Gasteiger partial charge in [-0.15, -0.1) is 0 Å². The van der Waals surface area contributed by atoms with Crippen LogP contribution in [-0.2, 0) is 6.42 Å². The van der Waals surface area contributed by atoms with Gasteiger partial charge in [-0.2, -0.15) is 0 Å². The van der Waals surface area contributed by atoms with E-state index in [4.69, 9.17) is 0 Å². The summed E-state index contributed by atoms with van der Waals surface area (Å²) in [7, 11) is 0. The molecule has 0 bridgehead atoms. The quantitative estimate of drug-likeness (QED) is 0.610. The predicted octanol–water partition coefficient (Wildman–Crippen LogP) is 2.83. The minimum atomic E-state index is -0.291. The molecule has 4 nitrogen and oxygen atoms in total. The van der Waals surface area contributed by atoms with Crippen molar-refractivity contribution >= 4 is 5.69 Å². The molecular formula is C13H20N2O2. The first-order valence-corrected chi connectivity index (χ1v) is 6.06. The fraction of sp³-hybridized carbons (Fsp3) is 0.538. The molecule has 94 valence electrons. The third-order valence-corrected chi connectivity index (χ3v) is 3.02. The van der Waals surface area contributed by atoms with Gasteiger partial charge in [0.2, 0.25) is 0 Å². The van der Waals surface area contributed by atoms with Crippen molar-refractivity contribution in [3.05, 3.63) is 39.4 Å². The highest BCUT2D eigenvalue weighted by Crippen LogP contribution is 2.23. The molecule has 1 rings (SSSR count). The lowest BCUT2D eigenvalue weighted by Gasteiger charge is -2.17. The summed E-state index contributed by atoms with van der Waals surface area (Å²) in [6.45, 7) is 6.96. The Morgan fingerprint density at radius 3 is 2.65 bits per heavy atom. The number of likely N-dealkylation sites (N-methyl/N-ethyl adjacent to an activating group) is 1. The van der Waals surface area contributed by atoms with Crippen LogP contribution in [-0.4, -0.2) is 17.5 Å². The van der Waals surface area contributed by atoms with Crippen molar-refractivity contribution in [3.63, 3.8) is 0 Å². The van der Waals surface area contributed by atoms with E-state index in [1.54, 1.807) is 12.1 Å². The summed E-state index contributed by atoms with van der Waals surface area (Å²) in [5.74, 6) is 0. The predicted molar refractivity (Wildman–Crippen MR) is 69.3 cm³/mol. The summed E-state index contributed by atoms with van der Waals surface area (Å²) in [6.07, 6.45) is 1.69. The molecule has 1 N–H and O–H groups in total. The molecule has 1 aromatic carbocycles. The first-order chi connectivity index (χ1) is 8.10. The Morgan fingerprint density at radius 1 is 1.41 bits per heavy atom. The van der Waals surface area contributed by atoms with Crippen LogP contribution in [0, 0.1) is 17.0 Å². The molecule has 0 saturated carbocycles. The maximum absolute atomic E-state index is 11.0. The lowest BCUT2D eigenvalue weighted by molar-refractivity contribution is -0.385. The van der Waals surface area contributed by atoms with Crippen molar-refractivity contribution in [2.45, 2.75) is 39.7 Å². The summed E-state index contributed by atoms with van der Waals surface area (Å²) in [4.78, 5) is 10.7. The fourth-order valence-electron chi connectivity index (χ4n) is 2.02. The van der Waals surface area contributed by atoms with Crippen molar-refractivity contribution in [2.75, 3.05) is 6.54 Å². The second-order valence-electron chi connectivity index (χ2n) is 4.20. The van der Waals surface area contributed by atoms with Crippen LogP contribution in [0.4, 0.5) is 5.69 Å². The van der Waals surface area contributed by atoms with Crippen LogP contribution in [0.15, 0.2) is 18.2 Å². The zero-order valence-corrected chi connectivity index (χ0v) is 10.7. The van der Waals surface area contributed by atoms with Gasteiger partial charge < -0.3 is 5.32 Å². The molecule has 1 unspecified atom stereocenters. The van der Waals surface area contributed by atoms with Crippen LogP contribution < -0.4 is 5.32 Å². The van der Waals surface area contributed by atoms with Gasteiger partial charge in [0.1, 0.15) is 0 Å². The lowest BCUT2D eigenvalue weighted by atomic mass is 9.98. The summed E-state index contributed by atoms with van der Waals surface area (Å²) in [5, 5.41) is 14.3. The van der Waals surface area contributed by atoms with E-state index in [0.29, 0.717) is 12.5 Å². The smallest absolute Gasteiger partial charge is 0.272 e. The van der Waals surface area contributed by atoms with Gasteiger partial charge in [-0.05, 0) is 31.9 Å². The molecule has 0 heterocycles. The maximum atomic E-state index is 11.0. The van der Waals surface area contributed by atoms with Gasteiger partial charge in [-0.25, -0.2) is 0 Å². The lowest BCUT2D eigenvalue weighted by Crippen LogP contribution is -2.30. The summed E-state index contributed by atoms with van der Waals surface area (Å²) in [6, 6.07) is 5.56. The van der Waals surface area contributed by atoms with E-state index in [9.17, 15) is 10.1 Å². The van der Waals surface area contributed by atoms with E-state index in [1.807, 2.05) is 13.0 Å². The SMILES string of the molecule is CCNC(CC)Cc1c(C)cccc1[N+](=O)[O-]. The Kier molecular flexibility index (Phi) is 5.10. The molecule has 1 aromatic rings. The number of hydrogen-bond acceptors (Lipinski definition) is 3. The molecular weight excluding hydrogens is 216 g/mol. The third-order valence-electron chi connectivity index (χ3n) is 3.02. The second kappa shape index (κ2) is 6.35. The number of nitro benzene ring substituents is 1. The zero-order chi connectivity index (χ0) is 12.8. The average Bonchev–Trinajstić information content (AvgIpc) is 2.30. The molecule has 0 spiro atoms. The Morgan fingerprint density at radius 2 is 2.12 bits per heavy atom. The topological polar surface area (TPSA) is 55.2 Å². The highest BCUT2D eigenvalue weighted by molar-refractivity contribution is 5.45. The standard InChI is InChI=1S/C13H20N2O2/c1-4-11(14-5-2)9-12-10(3)7-6-8-13(12)15(16)17/h6-8,11,14H,4-5,9H2,1-3H3. The number of nitro groups is 1. The third kappa shape index (κ3) is 3.53. The van der Waals surface area contributed by atoms with Crippen LogP contribution in [0.2, 0.25) is 0 Å². The van der Waals surface area contributed by atoms with Gasteiger partial charge in [0.05, 0.1) is 4.92 Å². The van der Waals surface area contributed by atoms with Gasteiger partial charge >= 0.3 is 0 Å². The van der Waals surface area contributed by atoms with E-state index in [-0.39, 0.29) is 10.6 Å². The van der Waals surface area contributed by atoms with Gasteiger partial charge in [-0.3, -0.25) is 10.1 Å². The molecule has 0 saturated heterocycles. The average molecular weight is 236 g/mol. The molecule has 17 heavy (non-hydrogen) atoms. The minimum absolute atomic E-state index is 0.237. The first-order valence-electron chi connectivity index (χ1n) is 6.06. The van der Waals surface area contributed by atoms with E-state index >= 15 is 0 Å². The molecule has 0 aliphatic carbocycles. The van der Waals surface area contributed by atoms with Crippen LogP contribution in [0.1, 0.15) is 31.4 Å². The molecule has 0 radical (unpaired) electrons. The molecule has 4 heteroatoms. The summed E-state index contributed by atoms with van der Waals surface area (Å²) in [5.41, 5.74) is 2.09. The zero-order valence-electron chi connectivity index (χ0n) is 10.7. The van der Waals surface area contributed by atoms with E-state index in [2.05, 4.69) is 19.2 Å². The minimum Gasteiger partial charge on any atom is -0.314 e. The first kappa shape index (κ1) is 13.6. The molecule has 1 atom stereocenters. The Bertz CT molecular complexity index is 391. The largest absolute Gasteiger partial charge is 0.314 e. The number of aryl methyl sites for hydroxylation is 1. The number of nitrogens with zero attached hydrogens (tertiary/aromatic N) is 1. The van der Waals surface area contributed by atoms with Crippen LogP contribution >= 0.6 is 0 Å². The van der Waals surface area contributed by atoms with Crippen LogP contribution in [0.25, 0.3) is 0 Å². The molecule has 0 aromatic heterocycles. The van der Waals surface area contributed by atoms with Gasteiger partial charge in [0, 0.05) is 17.7 Å². The van der Waals surface area contributed by atoms with Crippen molar-refractivity contribution < 1.29 is 4.92 Å². The van der Waals surface area contributed by atoms with Crippen molar-refractivity contribution in [3.8, 4) is 0 Å². The van der Waals surface area contributed by atoms with Crippen molar-refractivity contribution in [1.29, 1.82) is 0 Å². The highest BCUT2D eigenvalue weighted by Gasteiger charge is 2.18. The van der Waals surface area contributed by atoms with E-state index in [1.165, 1.54) is 0 Å². The van der Waals surface area contributed by atoms with E-state index in [0.717, 1.165) is 24.1 Å². The van der Waals surface area contributed by atoms with Crippen LogP contribution in [0.5, 0.6) is 0 Å². The monoisotopic (exact) mass is 236 g/mol. The van der Waals surface area contributed by atoms with Crippen LogP contribution in [0.3, 0.4) is 0 Å². The molecule has 0 aliphatic heterocycles. The fourth-order valence-corrected chi connectivity index (χ4v) is 2.02. The van der Waals surface area contributed by atoms with Gasteiger partial charge in [0.25, 0.3) is 5.69 Å². The summed E-state index contributed by atoms with van der Waals surface area (Å²) < 4.78 is 0. The normalized spacial score (nSPS) is 12.4.